The zero-order valence-electron chi connectivity index (χ0n) is 17.2. The molecule has 1 atom stereocenters. The van der Waals surface area contributed by atoms with Crippen molar-refractivity contribution in [3.63, 3.8) is 0 Å². The summed E-state index contributed by atoms with van der Waals surface area (Å²) in [4.78, 5) is 30.1. The molecule has 7 heteroatoms. The van der Waals surface area contributed by atoms with Crippen molar-refractivity contribution in [2.75, 3.05) is 0 Å². The van der Waals surface area contributed by atoms with E-state index in [1.807, 2.05) is 57.2 Å². The first-order chi connectivity index (χ1) is 14.2. The number of ether oxygens (including phenoxy) is 1. The Morgan fingerprint density at radius 2 is 1.87 bits per heavy atom. The van der Waals surface area contributed by atoms with Gasteiger partial charge in [0.2, 0.25) is 0 Å². The molecule has 4 rings (SSSR count). The minimum Gasteiger partial charge on any atom is -0.438 e. The molecule has 0 spiro atoms. The van der Waals surface area contributed by atoms with Crippen molar-refractivity contribution in [3.8, 4) is 5.69 Å². The van der Waals surface area contributed by atoms with Crippen LogP contribution >= 0.6 is 11.6 Å². The number of para-hydroxylation sites is 1. The van der Waals surface area contributed by atoms with Crippen molar-refractivity contribution in [2.45, 2.75) is 45.1 Å². The fourth-order valence-corrected chi connectivity index (χ4v) is 4.26. The molecule has 1 aromatic heterocycles. The summed E-state index contributed by atoms with van der Waals surface area (Å²) >= 11 is 6.72. The number of aromatic nitrogens is 2. The predicted octanol–water partition coefficient (Wildman–Crippen LogP) is 4.88. The third-order valence-electron chi connectivity index (χ3n) is 5.37. The van der Waals surface area contributed by atoms with Gasteiger partial charge in [-0.15, -0.1) is 0 Å². The number of fused-ring (bicyclic) bond motifs is 1. The van der Waals surface area contributed by atoms with E-state index in [1.165, 1.54) is 4.57 Å². The summed E-state index contributed by atoms with van der Waals surface area (Å²) in [6.07, 6.45) is 0.178. The first-order valence-electron chi connectivity index (χ1n) is 9.95. The van der Waals surface area contributed by atoms with Crippen LogP contribution < -0.4 is 11.3 Å². The van der Waals surface area contributed by atoms with Gasteiger partial charge in [0.1, 0.15) is 0 Å². The number of primary amides is 1. The van der Waals surface area contributed by atoms with Gasteiger partial charge in [-0.25, -0.2) is 9.78 Å². The van der Waals surface area contributed by atoms with E-state index < -0.39 is 12.2 Å². The normalized spacial score (nSPS) is 15.2. The number of benzene rings is 2. The molecule has 0 bridgehead atoms. The molecule has 2 N–H and O–H groups in total. The van der Waals surface area contributed by atoms with Crippen molar-refractivity contribution in [1.82, 2.24) is 9.55 Å². The molecule has 0 radical (unpaired) electrons. The molecule has 0 saturated heterocycles. The van der Waals surface area contributed by atoms with Crippen LogP contribution in [0.5, 0.6) is 0 Å². The quantitative estimate of drug-likeness (QED) is 0.645. The largest absolute Gasteiger partial charge is 0.438 e. The molecule has 0 aliphatic heterocycles. The maximum absolute atomic E-state index is 13.7. The summed E-state index contributed by atoms with van der Waals surface area (Å²) in [5.74, 6) is 0.445. The minimum atomic E-state index is -0.887. The minimum absolute atomic E-state index is 0.0844. The van der Waals surface area contributed by atoms with Gasteiger partial charge in [0.05, 0.1) is 21.6 Å². The average molecular weight is 426 g/mol. The van der Waals surface area contributed by atoms with Gasteiger partial charge in [0, 0.05) is 5.92 Å². The number of halogens is 1. The maximum Gasteiger partial charge on any atom is 0.405 e. The predicted molar refractivity (Wildman–Crippen MR) is 117 cm³/mol. The Hall–Kier alpha value is -2.86. The second kappa shape index (κ2) is 7.43. The number of amides is 1. The van der Waals surface area contributed by atoms with Crippen LogP contribution in [0.2, 0.25) is 5.02 Å². The summed E-state index contributed by atoms with van der Waals surface area (Å²) in [7, 11) is 0. The number of nitrogens with two attached hydrogens (primary N) is 1. The molecule has 156 valence electrons. The van der Waals surface area contributed by atoms with E-state index in [0.717, 1.165) is 18.4 Å². The molecule has 1 fully saturated rings. The summed E-state index contributed by atoms with van der Waals surface area (Å²) in [5.41, 5.74) is 6.77. The number of carbonyl (C=O) groups excluding carboxylic acids is 1. The lowest BCUT2D eigenvalue weighted by Gasteiger charge is -2.24. The Morgan fingerprint density at radius 1 is 1.20 bits per heavy atom. The van der Waals surface area contributed by atoms with Gasteiger partial charge in [-0.05, 0) is 42.0 Å². The van der Waals surface area contributed by atoms with Crippen LogP contribution in [-0.2, 0) is 10.2 Å². The number of hydrogen-bond acceptors (Lipinski definition) is 4. The Labute approximate surface area is 179 Å². The highest BCUT2D eigenvalue weighted by molar-refractivity contribution is 6.36. The van der Waals surface area contributed by atoms with E-state index in [1.54, 1.807) is 6.07 Å². The second-order valence-corrected chi connectivity index (χ2v) is 9.09. The highest BCUT2D eigenvalue weighted by Crippen LogP contribution is 2.43. The van der Waals surface area contributed by atoms with E-state index in [9.17, 15) is 9.59 Å². The second-order valence-electron chi connectivity index (χ2n) is 8.71. The molecule has 6 nitrogen and oxygen atoms in total. The van der Waals surface area contributed by atoms with E-state index in [4.69, 9.17) is 27.1 Å². The Morgan fingerprint density at radius 3 is 2.43 bits per heavy atom. The Kier molecular flexibility index (Phi) is 5.06. The lowest BCUT2D eigenvalue weighted by atomic mass is 9.86. The lowest BCUT2D eigenvalue weighted by molar-refractivity contribution is 0.0866. The molecular weight excluding hydrogens is 402 g/mol. The SMILES string of the molecule is CC(C)(C)c1ccc2nc([C@@H](OC(N)=O)C3CC3)n(-c3ccccc3)c(=O)c2c1Cl. The lowest BCUT2D eigenvalue weighted by Crippen LogP contribution is -2.30. The number of nitrogens with zero attached hydrogens (tertiary/aromatic N) is 2. The molecule has 1 saturated carbocycles. The third-order valence-corrected chi connectivity index (χ3v) is 5.76. The van der Waals surface area contributed by atoms with Crippen molar-refractivity contribution < 1.29 is 9.53 Å². The van der Waals surface area contributed by atoms with Gasteiger partial charge in [0.15, 0.2) is 11.9 Å². The highest BCUT2D eigenvalue weighted by Gasteiger charge is 2.39. The summed E-state index contributed by atoms with van der Waals surface area (Å²) in [6.45, 7) is 6.13. The standard InChI is InChI=1S/C23H24ClN3O3/c1-23(2,3)15-11-12-16-17(18(15)24)21(28)27(14-7-5-4-6-8-14)20(26-16)19(13-9-10-13)30-22(25)29/h4-8,11-13,19H,9-10H2,1-3H3,(H2,25,29)/t19-/m0/s1. The fourth-order valence-electron chi connectivity index (χ4n) is 3.73. The van der Waals surface area contributed by atoms with Crippen LogP contribution in [0.25, 0.3) is 16.6 Å². The number of hydrogen-bond donors (Lipinski definition) is 1. The van der Waals surface area contributed by atoms with E-state index in [-0.39, 0.29) is 16.9 Å². The molecule has 30 heavy (non-hydrogen) atoms. The van der Waals surface area contributed by atoms with Crippen LogP contribution in [0.3, 0.4) is 0 Å². The molecule has 1 aliphatic rings. The molecule has 2 aromatic carbocycles. The first-order valence-corrected chi connectivity index (χ1v) is 10.3. The van der Waals surface area contributed by atoms with Gasteiger partial charge < -0.3 is 10.5 Å². The van der Waals surface area contributed by atoms with Gasteiger partial charge in [-0.3, -0.25) is 9.36 Å². The smallest absolute Gasteiger partial charge is 0.405 e. The Bertz CT molecular complexity index is 1180. The zero-order valence-corrected chi connectivity index (χ0v) is 17.9. The Balaban J connectivity index is 2.06. The monoisotopic (exact) mass is 425 g/mol. The van der Waals surface area contributed by atoms with Gasteiger partial charge in [-0.2, -0.15) is 0 Å². The fraction of sp³-hybridized carbons (Fsp3) is 0.348. The molecule has 1 amide bonds. The van der Waals surface area contributed by atoms with Crippen molar-refractivity contribution >= 4 is 28.6 Å². The molecule has 1 aliphatic carbocycles. The molecule has 1 heterocycles. The highest BCUT2D eigenvalue weighted by atomic mass is 35.5. The van der Waals surface area contributed by atoms with E-state index in [0.29, 0.717) is 27.4 Å². The van der Waals surface area contributed by atoms with Crippen molar-refractivity contribution in [1.29, 1.82) is 0 Å². The molecule has 0 unspecified atom stereocenters. The first kappa shape index (κ1) is 20.4. The van der Waals surface area contributed by atoms with Crippen molar-refractivity contribution in [2.24, 2.45) is 11.7 Å². The number of rotatable bonds is 4. The summed E-state index contributed by atoms with van der Waals surface area (Å²) in [5, 5.41) is 0.748. The molecule has 3 aromatic rings. The van der Waals surface area contributed by atoms with Gasteiger partial charge in [0.25, 0.3) is 5.56 Å². The zero-order chi connectivity index (χ0) is 21.6. The van der Waals surface area contributed by atoms with Gasteiger partial charge >= 0.3 is 6.09 Å². The average Bonchev–Trinajstić information content (AvgIpc) is 3.50. The molecular formula is C23H24ClN3O3. The topological polar surface area (TPSA) is 87.2 Å². The van der Waals surface area contributed by atoms with E-state index >= 15 is 0 Å². The summed E-state index contributed by atoms with van der Waals surface area (Å²) < 4.78 is 6.91. The van der Waals surface area contributed by atoms with Crippen LogP contribution in [0.15, 0.2) is 47.3 Å². The van der Waals surface area contributed by atoms with Crippen LogP contribution in [-0.4, -0.2) is 15.6 Å². The van der Waals surface area contributed by atoms with E-state index in [2.05, 4.69) is 0 Å². The number of carbonyl (C=O) groups is 1. The van der Waals surface area contributed by atoms with Crippen molar-refractivity contribution in [3.05, 3.63) is 69.2 Å². The van der Waals surface area contributed by atoms with Crippen LogP contribution in [0.4, 0.5) is 4.79 Å². The third kappa shape index (κ3) is 3.67. The van der Waals surface area contributed by atoms with Crippen LogP contribution in [0, 0.1) is 5.92 Å². The van der Waals surface area contributed by atoms with Gasteiger partial charge in [-0.1, -0.05) is 56.6 Å². The van der Waals surface area contributed by atoms with Crippen LogP contribution in [0.1, 0.15) is 51.1 Å². The maximum atomic E-state index is 13.7. The summed E-state index contributed by atoms with van der Waals surface area (Å²) in [6, 6.07) is 12.9.